The maximum Gasteiger partial charge on any atom is 0.164 e. The zero-order valence-corrected chi connectivity index (χ0v) is 11.4. The highest BCUT2D eigenvalue weighted by atomic mass is 32.2. The third kappa shape index (κ3) is 3.41. The van der Waals surface area contributed by atoms with Crippen molar-refractivity contribution in [1.82, 2.24) is 19.7 Å². The molecule has 1 atom stereocenters. The molecule has 2 aromatic rings. The molecular weight excluding hydrogens is 268 g/mol. The molecular formula is C11H16N4O3S. The van der Waals surface area contributed by atoms with E-state index in [1.165, 1.54) is 6.33 Å². The molecule has 0 bridgehead atoms. The summed E-state index contributed by atoms with van der Waals surface area (Å²) >= 11 is 1.63. The standard InChI is InChI=1S/C11H16N4O3S/c1-2-19-11-9-3-14-15(10(9)12-6-13-11)7-18-5-8(17)4-16/h3,6,8,16-17H,2,4-5,7H2,1H3/t8-/m0/s1. The topological polar surface area (TPSA) is 93.3 Å². The first-order valence-electron chi connectivity index (χ1n) is 5.92. The molecule has 0 saturated carbocycles. The van der Waals surface area contributed by atoms with Crippen molar-refractivity contribution in [2.24, 2.45) is 0 Å². The van der Waals surface area contributed by atoms with Gasteiger partial charge in [0.1, 0.15) is 24.2 Å². The molecule has 0 radical (unpaired) electrons. The van der Waals surface area contributed by atoms with Crippen molar-refractivity contribution in [2.45, 2.75) is 24.8 Å². The Morgan fingerprint density at radius 1 is 1.47 bits per heavy atom. The number of thioether (sulfide) groups is 1. The van der Waals surface area contributed by atoms with E-state index in [1.54, 1.807) is 22.6 Å². The molecule has 0 aliphatic rings. The van der Waals surface area contributed by atoms with Crippen LogP contribution in [0, 0.1) is 0 Å². The lowest BCUT2D eigenvalue weighted by Gasteiger charge is -2.08. The number of fused-ring (bicyclic) bond motifs is 1. The molecule has 2 aromatic heterocycles. The van der Waals surface area contributed by atoms with E-state index in [9.17, 15) is 5.11 Å². The molecule has 2 N–H and O–H groups in total. The fourth-order valence-corrected chi connectivity index (χ4v) is 2.24. The number of aliphatic hydroxyl groups excluding tert-OH is 2. The van der Waals surface area contributed by atoms with Crippen molar-refractivity contribution in [3.63, 3.8) is 0 Å². The smallest absolute Gasteiger partial charge is 0.164 e. The number of aliphatic hydroxyl groups is 2. The number of hydrogen-bond acceptors (Lipinski definition) is 7. The Hall–Kier alpha value is -1.22. The summed E-state index contributed by atoms with van der Waals surface area (Å²) in [6, 6.07) is 0. The van der Waals surface area contributed by atoms with Crippen LogP contribution in [-0.4, -0.2) is 55.0 Å². The van der Waals surface area contributed by atoms with Gasteiger partial charge in [-0.1, -0.05) is 6.92 Å². The number of rotatable bonds is 7. The lowest BCUT2D eigenvalue weighted by atomic mass is 10.4. The molecule has 0 aromatic carbocycles. The first kappa shape index (κ1) is 14.2. The zero-order chi connectivity index (χ0) is 13.7. The average molecular weight is 284 g/mol. The summed E-state index contributed by atoms with van der Waals surface area (Å²) in [6.07, 6.45) is 2.34. The SMILES string of the molecule is CCSc1ncnc2c1cnn2COC[C@@H](O)CO. The quantitative estimate of drug-likeness (QED) is 0.556. The molecule has 0 amide bonds. The zero-order valence-electron chi connectivity index (χ0n) is 10.6. The Morgan fingerprint density at radius 2 is 2.32 bits per heavy atom. The predicted octanol–water partition coefficient (Wildman–Crippen LogP) is 0.266. The lowest BCUT2D eigenvalue weighted by Crippen LogP contribution is -2.20. The highest BCUT2D eigenvalue weighted by Gasteiger charge is 2.10. The molecule has 0 spiro atoms. The molecule has 0 fully saturated rings. The van der Waals surface area contributed by atoms with Crippen LogP contribution in [0.5, 0.6) is 0 Å². The molecule has 0 saturated heterocycles. The Kier molecular flexibility index (Phi) is 5.08. The average Bonchev–Trinajstić information content (AvgIpc) is 2.83. The van der Waals surface area contributed by atoms with E-state index in [2.05, 4.69) is 22.0 Å². The summed E-state index contributed by atoms with van der Waals surface area (Å²) in [5.41, 5.74) is 0.699. The number of ether oxygens (including phenoxy) is 1. The summed E-state index contributed by atoms with van der Waals surface area (Å²) in [4.78, 5) is 8.40. The van der Waals surface area contributed by atoms with Crippen LogP contribution in [0.25, 0.3) is 11.0 Å². The van der Waals surface area contributed by atoms with Crippen LogP contribution in [-0.2, 0) is 11.5 Å². The van der Waals surface area contributed by atoms with Crippen LogP contribution < -0.4 is 0 Å². The van der Waals surface area contributed by atoms with Crippen molar-refractivity contribution in [3.05, 3.63) is 12.5 Å². The fraction of sp³-hybridized carbons (Fsp3) is 0.545. The fourth-order valence-electron chi connectivity index (χ4n) is 1.55. The Labute approximate surface area is 114 Å². The highest BCUT2D eigenvalue weighted by Crippen LogP contribution is 2.23. The van der Waals surface area contributed by atoms with E-state index in [1.807, 2.05) is 0 Å². The van der Waals surface area contributed by atoms with Crippen molar-refractivity contribution >= 4 is 22.8 Å². The van der Waals surface area contributed by atoms with Crippen molar-refractivity contribution in [1.29, 1.82) is 0 Å². The molecule has 0 unspecified atom stereocenters. The van der Waals surface area contributed by atoms with Gasteiger partial charge in [0.25, 0.3) is 0 Å². The van der Waals surface area contributed by atoms with Crippen molar-refractivity contribution < 1.29 is 14.9 Å². The normalized spacial score (nSPS) is 13.0. The first-order chi connectivity index (χ1) is 9.26. The third-order valence-corrected chi connectivity index (χ3v) is 3.30. The van der Waals surface area contributed by atoms with Gasteiger partial charge in [-0.3, -0.25) is 0 Å². The minimum absolute atomic E-state index is 0.0551. The summed E-state index contributed by atoms with van der Waals surface area (Å²) in [6.45, 7) is 1.97. The van der Waals surface area contributed by atoms with Gasteiger partial charge in [0.2, 0.25) is 0 Å². The van der Waals surface area contributed by atoms with E-state index in [0.29, 0.717) is 5.65 Å². The highest BCUT2D eigenvalue weighted by molar-refractivity contribution is 7.99. The van der Waals surface area contributed by atoms with Gasteiger partial charge in [-0.25, -0.2) is 14.6 Å². The van der Waals surface area contributed by atoms with E-state index in [0.717, 1.165) is 16.2 Å². The van der Waals surface area contributed by atoms with Crippen LogP contribution in [0.15, 0.2) is 17.6 Å². The van der Waals surface area contributed by atoms with Crippen molar-refractivity contribution in [3.8, 4) is 0 Å². The summed E-state index contributed by atoms with van der Waals surface area (Å²) in [7, 11) is 0. The second-order valence-corrected chi connectivity index (χ2v) is 5.08. The summed E-state index contributed by atoms with van der Waals surface area (Å²) in [5, 5.41) is 23.8. The largest absolute Gasteiger partial charge is 0.394 e. The molecule has 0 aliphatic carbocycles. The van der Waals surface area contributed by atoms with Crippen LogP contribution >= 0.6 is 11.8 Å². The van der Waals surface area contributed by atoms with E-state index < -0.39 is 6.10 Å². The van der Waals surface area contributed by atoms with Gasteiger partial charge in [-0.05, 0) is 5.75 Å². The van der Waals surface area contributed by atoms with Gasteiger partial charge in [-0.2, -0.15) is 5.10 Å². The Morgan fingerprint density at radius 3 is 3.05 bits per heavy atom. The van der Waals surface area contributed by atoms with Crippen LogP contribution in [0.2, 0.25) is 0 Å². The lowest BCUT2D eigenvalue weighted by molar-refractivity contribution is -0.0194. The van der Waals surface area contributed by atoms with E-state index in [4.69, 9.17) is 9.84 Å². The van der Waals surface area contributed by atoms with Crippen molar-refractivity contribution in [2.75, 3.05) is 19.0 Å². The predicted molar refractivity (Wildman–Crippen MR) is 70.8 cm³/mol. The van der Waals surface area contributed by atoms with Gasteiger partial charge in [-0.15, -0.1) is 11.8 Å². The Balaban J connectivity index is 2.10. The van der Waals surface area contributed by atoms with Gasteiger partial charge >= 0.3 is 0 Å². The molecule has 8 heteroatoms. The maximum atomic E-state index is 9.18. The molecule has 2 heterocycles. The van der Waals surface area contributed by atoms with Crippen LogP contribution in [0.4, 0.5) is 0 Å². The minimum atomic E-state index is -0.873. The van der Waals surface area contributed by atoms with Crippen LogP contribution in [0.1, 0.15) is 6.92 Å². The molecule has 0 aliphatic heterocycles. The summed E-state index contributed by atoms with van der Waals surface area (Å²) in [5.74, 6) is 0.927. The van der Waals surface area contributed by atoms with Crippen LogP contribution in [0.3, 0.4) is 0 Å². The second-order valence-electron chi connectivity index (χ2n) is 3.83. The molecule has 7 nitrogen and oxygen atoms in total. The van der Waals surface area contributed by atoms with Gasteiger partial charge < -0.3 is 14.9 Å². The Bertz CT molecular complexity index is 534. The number of nitrogens with zero attached hydrogens (tertiary/aromatic N) is 4. The van der Waals surface area contributed by atoms with Gasteiger partial charge in [0.05, 0.1) is 24.8 Å². The molecule has 19 heavy (non-hydrogen) atoms. The first-order valence-corrected chi connectivity index (χ1v) is 6.90. The van der Waals surface area contributed by atoms with Gasteiger partial charge in [0.15, 0.2) is 5.65 Å². The second kappa shape index (κ2) is 6.80. The molecule has 2 rings (SSSR count). The summed E-state index contributed by atoms with van der Waals surface area (Å²) < 4.78 is 6.86. The minimum Gasteiger partial charge on any atom is -0.394 e. The molecule has 104 valence electrons. The van der Waals surface area contributed by atoms with E-state index >= 15 is 0 Å². The maximum absolute atomic E-state index is 9.18. The van der Waals surface area contributed by atoms with Gasteiger partial charge in [0, 0.05) is 0 Å². The number of aromatic nitrogens is 4. The third-order valence-electron chi connectivity index (χ3n) is 2.41. The number of hydrogen-bond donors (Lipinski definition) is 2. The van der Waals surface area contributed by atoms with E-state index in [-0.39, 0.29) is 19.9 Å². The monoisotopic (exact) mass is 284 g/mol.